The molecule has 1 aliphatic heterocycles. The molecule has 2 aliphatic rings. The highest BCUT2D eigenvalue weighted by molar-refractivity contribution is 5.81. The molecule has 0 bridgehead atoms. The van der Waals surface area contributed by atoms with E-state index in [-0.39, 0.29) is 36.8 Å². The Labute approximate surface area is 171 Å². The lowest BCUT2D eigenvalue weighted by atomic mass is 10.2. The van der Waals surface area contributed by atoms with Crippen LogP contribution in [0.4, 0.5) is 0 Å². The van der Waals surface area contributed by atoms with Crippen molar-refractivity contribution in [2.45, 2.75) is 32.2 Å². The molecule has 8 heteroatoms. The van der Waals surface area contributed by atoms with Gasteiger partial charge in [0.25, 0.3) is 5.91 Å². The van der Waals surface area contributed by atoms with Crippen molar-refractivity contribution in [2.24, 2.45) is 0 Å². The molecule has 0 N–H and O–H groups in total. The van der Waals surface area contributed by atoms with Gasteiger partial charge in [0.15, 0.2) is 18.1 Å². The standard InChI is InChI=1S/C21H29N3O5/c1-16(25)22-11-13-23(14-12-22)20(26)9-10-24(17-7-8-17)21(27)15-29-19-6-4-3-5-18(19)28-2/h3-6,17H,7-15H2,1-2H3. The van der Waals surface area contributed by atoms with Crippen LogP contribution in [0, 0.1) is 0 Å². The lowest BCUT2D eigenvalue weighted by molar-refractivity contribution is -0.140. The number of carbonyl (C=O) groups excluding carboxylic acids is 3. The maximum atomic E-state index is 12.7. The molecule has 158 valence electrons. The Morgan fingerprint density at radius 2 is 1.66 bits per heavy atom. The van der Waals surface area contributed by atoms with Crippen LogP contribution in [-0.2, 0) is 14.4 Å². The molecule has 1 aromatic carbocycles. The molecule has 3 rings (SSSR count). The quantitative estimate of drug-likeness (QED) is 0.651. The summed E-state index contributed by atoms with van der Waals surface area (Å²) >= 11 is 0. The van der Waals surface area contributed by atoms with Gasteiger partial charge in [-0.3, -0.25) is 14.4 Å². The van der Waals surface area contributed by atoms with Crippen LogP contribution in [0.2, 0.25) is 0 Å². The van der Waals surface area contributed by atoms with Crippen molar-refractivity contribution < 1.29 is 23.9 Å². The minimum atomic E-state index is -0.118. The zero-order valence-electron chi connectivity index (χ0n) is 17.1. The third-order valence-corrected chi connectivity index (χ3v) is 5.37. The molecule has 8 nitrogen and oxygen atoms in total. The van der Waals surface area contributed by atoms with Gasteiger partial charge in [-0.1, -0.05) is 12.1 Å². The number of nitrogens with zero attached hydrogens (tertiary/aromatic N) is 3. The van der Waals surface area contributed by atoms with E-state index < -0.39 is 0 Å². The van der Waals surface area contributed by atoms with E-state index in [2.05, 4.69) is 0 Å². The van der Waals surface area contributed by atoms with Crippen LogP contribution in [0.3, 0.4) is 0 Å². The Hall–Kier alpha value is -2.77. The van der Waals surface area contributed by atoms with Crippen molar-refractivity contribution in [2.75, 3.05) is 46.4 Å². The largest absolute Gasteiger partial charge is 0.493 e. The van der Waals surface area contributed by atoms with Crippen molar-refractivity contribution in [1.29, 1.82) is 0 Å². The van der Waals surface area contributed by atoms with Gasteiger partial charge in [0.05, 0.1) is 7.11 Å². The number of amides is 3. The summed E-state index contributed by atoms with van der Waals surface area (Å²) in [7, 11) is 1.56. The molecule has 0 unspecified atom stereocenters. The summed E-state index contributed by atoms with van der Waals surface area (Å²) in [6, 6.07) is 7.41. The summed E-state index contributed by atoms with van der Waals surface area (Å²) in [4.78, 5) is 41.9. The minimum absolute atomic E-state index is 0.0253. The van der Waals surface area contributed by atoms with E-state index in [4.69, 9.17) is 9.47 Å². The van der Waals surface area contributed by atoms with Crippen molar-refractivity contribution in [3.8, 4) is 11.5 Å². The number of hydrogen-bond acceptors (Lipinski definition) is 5. The van der Waals surface area contributed by atoms with Crippen LogP contribution in [0.25, 0.3) is 0 Å². The minimum Gasteiger partial charge on any atom is -0.493 e. The van der Waals surface area contributed by atoms with Gasteiger partial charge >= 0.3 is 0 Å². The fourth-order valence-corrected chi connectivity index (χ4v) is 3.50. The van der Waals surface area contributed by atoms with Gasteiger partial charge in [0.1, 0.15) is 0 Å². The summed E-state index contributed by atoms with van der Waals surface area (Å²) in [6.07, 6.45) is 2.22. The van der Waals surface area contributed by atoms with Crippen LogP contribution >= 0.6 is 0 Å². The normalized spacial score (nSPS) is 16.3. The number of carbonyl (C=O) groups is 3. The molecule has 0 atom stereocenters. The summed E-state index contributed by atoms with van der Waals surface area (Å²) < 4.78 is 10.9. The fourth-order valence-electron chi connectivity index (χ4n) is 3.50. The Morgan fingerprint density at radius 1 is 1.03 bits per heavy atom. The Morgan fingerprint density at radius 3 is 2.24 bits per heavy atom. The van der Waals surface area contributed by atoms with Gasteiger partial charge in [-0.25, -0.2) is 0 Å². The molecule has 1 aromatic rings. The molecule has 2 fully saturated rings. The predicted molar refractivity (Wildman–Crippen MR) is 107 cm³/mol. The van der Waals surface area contributed by atoms with Crippen LogP contribution in [-0.4, -0.2) is 84.9 Å². The molecule has 1 heterocycles. The summed E-state index contributed by atoms with van der Waals surface area (Å²) in [5.41, 5.74) is 0. The molecular formula is C21H29N3O5. The van der Waals surface area contributed by atoms with Crippen LogP contribution < -0.4 is 9.47 Å². The number of benzene rings is 1. The van der Waals surface area contributed by atoms with E-state index in [1.54, 1.807) is 40.9 Å². The van der Waals surface area contributed by atoms with Gasteiger partial charge in [0.2, 0.25) is 11.8 Å². The second-order valence-electron chi connectivity index (χ2n) is 7.39. The molecule has 3 amide bonds. The fraction of sp³-hybridized carbons (Fsp3) is 0.571. The van der Waals surface area contributed by atoms with Crippen molar-refractivity contribution in [1.82, 2.24) is 14.7 Å². The first-order chi connectivity index (χ1) is 14.0. The third-order valence-electron chi connectivity index (χ3n) is 5.37. The average molecular weight is 403 g/mol. The Kier molecular flexibility index (Phi) is 6.95. The number of ether oxygens (including phenoxy) is 2. The summed E-state index contributed by atoms with van der Waals surface area (Å²) in [6.45, 7) is 4.09. The maximum absolute atomic E-state index is 12.7. The number of methoxy groups -OCH3 is 1. The number of para-hydroxylation sites is 2. The smallest absolute Gasteiger partial charge is 0.260 e. The van der Waals surface area contributed by atoms with E-state index in [1.807, 2.05) is 12.1 Å². The first-order valence-corrected chi connectivity index (χ1v) is 10.1. The summed E-state index contributed by atoms with van der Waals surface area (Å²) in [5, 5.41) is 0. The zero-order chi connectivity index (χ0) is 20.8. The second-order valence-corrected chi connectivity index (χ2v) is 7.39. The Bertz CT molecular complexity index is 742. The first-order valence-electron chi connectivity index (χ1n) is 10.1. The van der Waals surface area contributed by atoms with E-state index in [1.165, 1.54) is 0 Å². The van der Waals surface area contributed by atoms with Crippen molar-refractivity contribution in [3.05, 3.63) is 24.3 Å². The van der Waals surface area contributed by atoms with Crippen LogP contribution in [0.1, 0.15) is 26.2 Å². The van der Waals surface area contributed by atoms with E-state index in [0.717, 1.165) is 12.8 Å². The zero-order valence-corrected chi connectivity index (χ0v) is 17.1. The van der Waals surface area contributed by atoms with Gasteiger partial charge < -0.3 is 24.2 Å². The Balaban J connectivity index is 1.48. The highest BCUT2D eigenvalue weighted by atomic mass is 16.5. The third kappa shape index (κ3) is 5.62. The lowest BCUT2D eigenvalue weighted by Gasteiger charge is -2.34. The van der Waals surface area contributed by atoms with Crippen molar-refractivity contribution in [3.63, 3.8) is 0 Å². The first kappa shape index (κ1) is 21.0. The highest BCUT2D eigenvalue weighted by Crippen LogP contribution is 2.29. The van der Waals surface area contributed by atoms with E-state index in [0.29, 0.717) is 44.2 Å². The monoisotopic (exact) mass is 403 g/mol. The number of rotatable bonds is 8. The van der Waals surface area contributed by atoms with Crippen molar-refractivity contribution >= 4 is 17.7 Å². The highest BCUT2D eigenvalue weighted by Gasteiger charge is 2.33. The van der Waals surface area contributed by atoms with Gasteiger partial charge in [-0.15, -0.1) is 0 Å². The lowest BCUT2D eigenvalue weighted by Crippen LogP contribution is -2.50. The van der Waals surface area contributed by atoms with E-state index in [9.17, 15) is 14.4 Å². The van der Waals surface area contributed by atoms with E-state index >= 15 is 0 Å². The average Bonchev–Trinajstić information content (AvgIpc) is 3.57. The maximum Gasteiger partial charge on any atom is 0.260 e. The number of hydrogen-bond donors (Lipinski definition) is 0. The topological polar surface area (TPSA) is 79.4 Å². The summed E-state index contributed by atoms with van der Waals surface area (Å²) in [5.74, 6) is 1.05. The molecule has 29 heavy (non-hydrogen) atoms. The molecule has 0 spiro atoms. The van der Waals surface area contributed by atoms with Crippen LogP contribution in [0.5, 0.6) is 11.5 Å². The molecule has 1 saturated heterocycles. The molecule has 0 radical (unpaired) electrons. The van der Waals surface area contributed by atoms with Gasteiger partial charge in [-0.2, -0.15) is 0 Å². The SMILES string of the molecule is COc1ccccc1OCC(=O)N(CCC(=O)N1CCN(C(C)=O)CC1)C1CC1. The predicted octanol–water partition coefficient (Wildman–Crippen LogP) is 1.15. The van der Waals surface area contributed by atoms with Crippen LogP contribution in [0.15, 0.2) is 24.3 Å². The van der Waals surface area contributed by atoms with Gasteiger partial charge in [-0.05, 0) is 25.0 Å². The van der Waals surface area contributed by atoms with Gasteiger partial charge in [0, 0.05) is 52.1 Å². The molecular weight excluding hydrogens is 374 g/mol. The number of piperazine rings is 1. The molecule has 0 aromatic heterocycles. The molecule has 1 aliphatic carbocycles. The second kappa shape index (κ2) is 9.62. The molecule has 1 saturated carbocycles.